The third kappa shape index (κ3) is 6.36. The molecule has 0 aromatic carbocycles. The van der Waals surface area contributed by atoms with Crippen molar-refractivity contribution >= 4 is 0 Å². The predicted octanol–water partition coefficient (Wildman–Crippen LogP) is 0.724. The van der Waals surface area contributed by atoms with Gasteiger partial charge < -0.3 is 19.8 Å². The fourth-order valence-electron chi connectivity index (χ4n) is 2.43. The first-order valence-electron chi connectivity index (χ1n) is 6.63. The van der Waals surface area contributed by atoms with Crippen molar-refractivity contribution in [2.24, 2.45) is 11.8 Å². The van der Waals surface area contributed by atoms with E-state index < -0.39 is 6.10 Å². The molecule has 1 unspecified atom stereocenters. The van der Waals surface area contributed by atoms with Gasteiger partial charge in [0, 0.05) is 19.8 Å². The van der Waals surface area contributed by atoms with Gasteiger partial charge in [-0.2, -0.15) is 0 Å². The standard InChI is InChI=1S/C13H27NO3/c1-14(2)7-13(16)10-17-9-12-5-3-11(8-15)4-6-12/h11-13,15-16H,3-10H2,1-2H3. The maximum absolute atomic E-state index is 9.63. The highest BCUT2D eigenvalue weighted by Crippen LogP contribution is 2.28. The molecule has 1 saturated carbocycles. The first kappa shape index (κ1) is 14.9. The fourth-order valence-corrected chi connectivity index (χ4v) is 2.43. The number of aliphatic hydroxyl groups excluding tert-OH is 2. The molecule has 2 N–H and O–H groups in total. The first-order chi connectivity index (χ1) is 8.11. The van der Waals surface area contributed by atoms with E-state index >= 15 is 0 Å². The number of likely N-dealkylation sites (N-methyl/N-ethyl adjacent to an activating group) is 1. The van der Waals surface area contributed by atoms with Gasteiger partial charge in [0.25, 0.3) is 0 Å². The summed E-state index contributed by atoms with van der Waals surface area (Å²) in [5.41, 5.74) is 0. The molecule has 0 heterocycles. The molecule has 102 valence electrons. The summed E-state index contributed by atoms with van der Waals surface area (Å²) in [6.07, 6.45) is 4.14. The van der Waals surface area contributed by atoms with Crippen molar-refractivity contribution in [2.75, 3.05) is 40.5 Å². The average molecular weight is 245 g/mol. The molecular formula is C13H27NO3. The molecule has 0 radical (unpaired) electrons. The molecule has 1 rings (SSSR count). The minimum atomic E-state index is -0.390. The molecule has 0 amide bonds. The van der Waals surface area contributed by atoms with E-state index in [1.54, 1.807) is 0 Å². The van der Waals surface area contributed by atoms with Crippen molar-refractivity contribution in [3.8, 4) is 0 Å². The van der Waals surface area contributed by atoms with Crippen LogP contribution in [-0.2, 0) is 4.74 Å². The van der Waals surface area contributed by atoms with E-state index in [2.05, 4.69) is 0 Å². The minimum Gasteiger partial charge on any atom is -0.396 e. The average Bonchev–Trinajstić information content (AvgIpc) is 2.29. The number of nitrogens with zero attached hydrogens (tertiary/aromatic N) is 1. The Kier molecular flexibility index (Phi) is 7.04. The van der Waals surface area contributed by atoms with E-state index in [9.17, 15) is 5.11 Å². The zero-order chi connectivity index (χ0) is 12.7. The van der Waals surface area contributed by atoms with Crippen LogP contribution in [0.5, 0.6) is 0 Å². The van der Waals surface area contributed by atoms with Crippen LogP contribution in [0.4, 0.5) is 0 Å². The molecule has 0 aromatic rings. The van der Waals surface area contributed by atoms with Crippen molar-refractivity contribution in [1.29, 1.82) is 0 Å². The van der Waals surface area contributed by atoms with Crippen LogP contribution in [0.15, 0.2) is 0 Å². The maximum Gasteiger partial charge on any atom is 0.0899 e. The lowest BCUT2D eigenvalue weighted by Gasteiger charge is -2.27. The molecule has 0 spiro atoms. The van der Waals surface area contributed by atoms with Gasteiger partial charge in [-0.05, 0) is 51.6 Å². The van der Waals surface area contributed by atoms with Crippen molar-refractivity contribution in [1.82, 2.24) is 4.90 Å². The third-order valence-corrected chi connectivity index (χ3v) is 3.46. The van der Waals surface area contributed by atoms with Crippen molar-refractivity contribution < 1.29 is 14.9 Å². The molecule has 0 bridgehead atoms. The van der Waals surface area contributed by atoms with Crippen LogP contribution >= 0.6 is 0 Å². The van der Waals surface area contributed by atoms with Crippen LogP contribution < -0.4 is 0 Å². The Balaban J connectivity index is 2.03. The first-order valence-corrected chi connectivity index (χ1v) is 6.63. The zero-order valence-corrected chi connectivity index (χ0v) is 11.1. The van der Waals surface area contributed by atoms with Gasteiger partial charge in [0.1, 0.15) is 0 Å². The zero-order valence-electron chi connectivity index (χ0n) is 11.1. The second-order valence-corrected chi connectivity index (χ2v) is 5.52. The highest BCUT2D eigenvalue weighted by molar-refractivity contribution is 4.72. The third-order valence-electron chi connectivity index (χ3n) is 3.46. The van der Waals surface area contributed by atoms with Crippen LogP contribution in [0.1, 0.15) is 25.7 Å². The number of aliphatic hydroxyl groups is 2. The Labute approximate surface area is 105 Å². The molecule has 1 atom stereocenters. The molecule has 4 heteroatoms. The lowest BCUT2D eigenvalue weighted by atomic mass is 9.83. The Morgan fingerprint density at radius 2 is 1.76 bits per heavy atom. The summed E-state index contributed by atoms with van der Waals surface area (Å²) in [5, 5.41) is 18.7. The van der Waals surface area contributed by atoms with E-state index in [4.69, 9.17) is 9.84 Å². The molecule has 0 saturated heterocycles. The smallest absolute Gasteiger partial charge is 0.0899 e. The van der Waals surface area contributed by atoms with Gasteiger partial charge in [-0.1, -0.05) is 0 Å². The molecule has 4 nitrogen and oxygen atoms in total. The molecular weight excluding hydrogens is 218 g/mol. The Bertz CT molecular complexity index is 191. The summed E-state index contributed by atoms with van der Waals surface area (Å²) in [4.78, 5) is 1.96. The topological polar surface area (TPSA) is 52.9 Å². The van der Waals surface area contributed by atoms with E-state index in [1.165, 1.54) is 0 Å². The fraction of sp³-hybridized carbons (Fsp3) is 1.00. The van der Waals surface area contributed by atoms with E-state index in [-0.39, 0.29) is 0 Å². The largest absolute Gasteiger partial charge is 0.396 e. The van der Waals surface area contributed by atoms with Crippen LogP contribution in [0.2, 0.25) is 0 Å². The Morgan fingerprint density at radius 3 is 2.29 bits per heavy atom. The van der Waals surface area contributed by atoms with Gasteiger partial charge in [0.15, 0.2) is 0 Å². The SMILES string of the molecule is CN(C)CC(O)COCC1CCC(CO)CC1. The minimum absolute atomic E-state index is 0.328. The van der Waals surface area contributed by atoms with Gasteiger partial charge in [0.05, 0.1) is 12.7 Å². The quantitative estimate of drug-likeness (QED) is 0.694. The summed E-state index contributed by atoms with van der Waals surface area (Å²) < 4.78 is 5.57. The Morgan fingerprint density at radius 1 is 1.18 bits per heavy atom. The molecule has 1 aliphatic carbocycles. The molecule has 0 aliphatic heterocycles. The number of rotatable bonds is 7. The number of ether oxygens (including phenoxy) is 1. The van der Waals surface area contributed by atoms with Gasteiger partial charge in [-0.25, -0.2) is 0 Å². The summed E-state index contributed by atoms with van der Waals surface area (Å²) in [6, 6.07) is 0. The highest BCUT2D eigenvalue weighted by atomic mass is 16.5. The van der Waals surface area contributed by atoms with Crippen molar-refractivity contribution in [2.45, 2.75) is 31.8 Å². The second kappa shape index (κ2) is 8.03. The van der Waals surface area contributed by atoms with Crippen LogP contribution in [-0.4, -0.2) is 61.7 Å². The Hall–Kier alpha value is -0.160. The molecule has 1 aliphatic rings. The predicted molar refractivity (Wildman–Crippen MR) is 67.9 cm³/mol. The summed E-state index contributed by atoms with van der Waals surface area (Å²) in [6.45, 7) is 2.16. The number of hydrogen-bond acceptors (Lipinski definition) is 4. The van der Waals surface area contributed by atoms with Crippen LogP contribution in [0.25, 0.3) is 0 Å². The second-order valence-electron chi connectivity index (χ2n) is 5.52. The lowest BCUT2D eigenvalue weighted by Crippen LogP contribution is -2.30. The van der Waals surface area contributed by atoms with E-state index in [1.807, 2.05) is 19.0 Å². The van der Waals surface area contributed by atoms with Gasteiger partial charge in [-0.3, -0.25) is 0 Å². The summed E-state index contributed by atoms with van der Waals surface area (Å²) in [5.74, 6) is 1.12. The maximum atomic E-state index is 9.63. The van der Waals surface area contributed by atoms with Crippen LogP contribution in [0.3, 0.4) is 0 Å². The molecule has 1 fully saturated rings. The summed E-state index contributed by atoms with van der Waals surface area (Å²) >= 11 is 0. The van der Waals surface area contributed by atoms with Gasteiger partial charge in [-0.15, -0.1) is 0 Å². The molecule has 0 aromatic heterocycles. The van der Waals surface area contributed by atoms with Gasteiger partial charge >= 0.3 is 0 Å². The van der Waals surface area contributed by atoms with E-state index in [0.717, 1.165) is 32.3 Å². The number of hydrogen-bond donors (Lipinski definition) is 2. The lowest BCUT2D eigenvalue weighted by molar-refractivity contribution is 0.00226. The highest BCUT2D eigenvalue weighted by Gasteiger charge is 2.20. The van der Waals surface area contributed by atoms with E-state index in [0.29, 0.717) is 31.6 Å². The van der Waals surface area contributed by atoms with Crippen molar-refractivity contribution in [3.05, 3.63) is 0 Å². The monoisotopic (exact) mass is 245 g/mol. The normalized spacial score (nSPS) is 27.4. The molecule has 17 heavy (non-hydrogen) atoms. The van der Waals surface area contributed by atoms with Gasteiger partial charge in [0.2, 0.25) is 0 Å². The summed E-state index contributed by atoms with van der Waals surface area (Å²) in [7, 11) is 3.89. The van der Waals surface area contributed by atoms with Crippen LogP contribution in [0, 0.1) is 11.8 Å². The van der Waals surface area contributed by atoms with Crippen molar-refractivity contribution in [3.63, 3.8) is 0 Å².